The summed E-state index contributed by atoms with van der Waals surface area (Å²) in [5.74, 6) is 0.297. The fourth-order valence-corrected chi connectivity index (χ4v) is 2.67. The molecule has 0 aliphatic heterocycles. The number of hydrogen-bond donors (Lipinski definition) is 3. The third-order valence-electron chi connectivity index (χ3n) is 4.25. The molecule has 2 rings (SSSR count). The first kappa shape index (κ1) is 14.8. The molecule has 1 saturated carbocycles. The van der Waals surface area contributed by atoms with Crippen molar-refractivity contribution in [2.75, 3.05) is 6.61 Å². The number of aromatic nitrogens is 1. The summed E-state index contributed by atoms with van der Waals surface area (Å²) in [6, 6.07) is 1.55. The number of carbonyl (C=O) groups is 2. The zero-order chi connectivity index (χ0) is 14.8. The predicted octanol–water partition coefficient (Wildman–Crippen LogP) is 1.89. The largest absolute Gasteiger partial charge is 0.394 e. The maximum atomic E-state index is 12.2. The number of aliphatic hydroxyl groups is 1. The molecule has 1 aromatic rings. The van der Waals surface area contributed by atoms with E-state index >= 15 is 0 Å². The van der Waals surface area contributed by atoms with Crippen LogP contribution in [0, 0.1) is 5.92 Å². The third kappa shape index (κ3) is 3.10. The molecule has 3 N–H and O–H groups in total. The zero-order valence-corrected chi connectivity index (χ0v) is 12.0. The van der Waals surface area contributed by atoms with E-state index in [1.54, 1.807) is 6.07 Å². The first-order valence-electron chi connectivity index (χ1n) is 7.08. The van der Waals surface area contributed by atoms with Crippen LogP contribution in [-0.2, 0) is 0 Å². The second-order valence-corrected chi connectivity index (χ2v) is 5.93. The smallest absolute Gasteiger partial charge is 0.268 e. The monoisotopic (exact) mass is 278 g/mol. The Labute approximate surface area is 118 Å². The first-order valence-corrected chi connectivity index (χ1v) is 7.08. The van der Waals surface area contributed by atoms with Gasteiger partial charge in [-0.25, -0.2) is 0 Å². The number of rotatable bonds is 4. The van der Waals surface area contributed by atoms with Gasteiger partial charge in [-0.05, 0) is 44.6 Å². The van der Waals surface area contributed by atoms with E-state index in [1.807, 2.05) is 0 Å². The molecule has 1 aliphatic carbocycles. The van der Waals surface area contributed by atoms with Gasteiger partial charge in [0.2, 0.25) is 0 Å². The summed E-state index contributed by atoms with van der Waals surface area (Å²) in [7, 11) is 0. The van der Waals surface area contributed by atoms with Crippen molar-refractivity contribution in [3.8, 4) is 0 Å². The number of Topliss-reactive ketones (excluding diaryl/α,β-unsaturated/α-hetero) is 1. The Bertz CT molecular complexity index is 499. The van der Waals surface area contributed by atoms with Crippen LogP contribution in [0.2, 0.25) is 0 Å². The summed E-state index contributed by atoms with van der Waals surface area (Å²) < 4.78 is 0. The molecule has 5 nitrogen and oxygen atoms in total. The van der Waals surface area contributed by atoms with Gasteiger partial charge in [0.25, 0.3) is 5.91 Å². The average molecular weight is 278 g/mol. The molecule has 1 fully saturated rings. The van der Waals surface area contributed by atoms with Crippen LogP contribution in [0.25, 0.3) is 0 Å². The van der Waals surface area contributed by atoms with Gasteiger partial charge in [-0.1, -0.05) is 6.92 Å². The van der Waals surface area contributed by atoms with Crippen molar-refractivity contribution in [1.82, 2.24) is 10.3 Å². The Balaban J connectivity index is 2.07. The lowest BCUT2D eigenvalue weighted by Gasteiger charge is -2.38. The van der Waals surface area contributed by atoms with Crippen molar-refractivity contribution in [3.63, 3.8) is 0 Å². The number of carbonyl (C=O) groups excluding carboxylic acids is 2. The number of ketones is 1. The molecular formula is C15H22N2O3. The number of amides is 1. The number of aromatic amines is 1. The van der Waals surface area contributed by atoms with E-state index in [-0.39, 0.29) is 18.3 Å². The van der Waals surface area contributed by atoms with Crippen LogP contribution in [0.1, 0.15) is 60.4 Å². The second kappa shape index (κ2) is 5.79. The molecule has 0 atom stereocenters. The number of aliphatic hydroxyl groups excluding tert-OH is 1. The molecule has 0 spiro atoms. The van der Waals surface area contributed by atoms with Crippen molar-refractivity contribution in [2.45, 2.75) is 45.1 Å². The van der Waals surface area contributed by atoms with Gasteiger partial charge in [0.1, 0.15) is 5.69 Å². The zero-order valence-electron chi connectivity index (χ0n) is 12.0. The van der Waals surface area contributed by atoms with Crippen molar-refractivity contribution in [1.29, 1.82) is 0 Å². The first-order chi connectivity index (χ1) is 9.46. The van der Waals surface area contributed by atoms with E-state index in [0.717, 1.165) is 25.7 Å². The van der Waals surface area contributed by atoms with Gasteiger partial charge in [-0.3, -0.25) is 9.59 Å². The van der Waals surface area contributed by atoms with Crippen LogP contribution in [-0.4, -0.2) is 33.9 Å². The maximum absolute atomic E-state index is 12.2. The van der Waals surface area contributed by atoms with Crippen molar-refractivity contribution in [2.24, 2.45) is 5.92 Å². The summed E-state index contributed by atoms with van der Waals surface area (Å²) in [6.45, 7) is 3.60. The van der Waals surface area contributed by atoms with Gasteiger partial charge in [0.05, 0.1) is 12.1 Å². The van der Waals surface area contributed by atoms with Gasteiger partial charge >= 0.3 is 0 Å². The second-order valence-electron chi connectivity index (χ2n) is 5.93. The van der Waals surface area contributed by atoms with Gasteiger partial charge in [0, 0.05) is 11.8 Å². The quantitative estimate of drug-likeness (QED) is 0.735. The van der Waals surface area contributed by atoms with E-state index in [0.29, 0.717) is 17.2 Å². The number of hydrogen-bond acceptors (Lipinski definition) is 3. The third-order valence-corrected chi connectivity index (χ3v) is 4.25. The van der Waals surface area contributed by atoms with Gasteiger partial charge in [-0.15, -0.1) is 0 Å². The topological polar surface area (TPSA) is 82.2 Å². The summed E-state index contributed by atoms with van der Waals surface area (Å²) >= 11 is 0. The van der Waals surface area contributed by atoms with Crippen LogP contribution >= 0.6 is 0 Å². The molecule has 0 saturated heterocycles. The normalized spacial score (nSPS) is 26.2. The summed E-state index contributed by atoms with van der Waals surface area (Å²) in [5.41, 5.74) is 0.331. The lowest BCUT2D eigenvalue weighted by molar-refractivity contribution is 0.0713. The Morgan fingerprint density at radius 2 is 2.10 bits per heavy atom. The highest BCUT2D eigenvalue weighted by atomic mass is 16.3. The SMILES string of the molecule is CC(=O)c1c[nH]c(C(=O)NC2(CO)CCC(C)CC2)c1. The van der Waals surface area contributed by atoms with Crippen LogP contribution in [0.15, 0.2) is 12.3 Å². The fraction of sp³-hybridized carbons (Fsp3) is 0.600. The molecular weight excluding hydrogens is 256 g/mol. The highest BCUT2D eigenvalue weighted by Crippen LogP contribution is 2.31. The highest BCUT2D eigenvalue weighted by molar-refractivity contribution is 5.99. The van der Waals surface area contributed by atoms with Crippen molar-refractivity contribution < 1.29 is 14.7 Å². The van der Waals surface area contributed by atoms with Crippen LogP contribution < -0.4 is 5.32 Å². The van der Waals surface area contributed by atoms with Crippen LogP contribution in [0.5, 0.6) is 0 Å². The Kier molecular flexibility index (Phi) is 4.28. The molecule has 1 aromatic heterocycles. The van der Waals surface area contributed by atoms with Crippen LogP contribution in [0.3, 0.4) is 0 Å². The molecule has 1 amide bonds. The van der Waals surface area contributed by atoms with Gasteiger partial charge in [0.15, 0.2) is 5.78 Å². The molecule has 110 valence electrons. The Hall–Kier alpha value is -1.62. The van der Waals surface area contributed by atoms with Crippen molar-refractivity contribution in [3.05, 3.63) is 23.5 Å². The molecule has 0 aromatic carbocycles. The molecule has 0 unspecified atom stereocenters. The molecule has 20 heavy (non-hydrogen) atoms. The minimum atomic E-state index is -0.523. The number of nitrogens with one attached hydrogen (secondary N) is 2. The van der Waals surface area contributed by atoms with Gasteiger partial charge < -0.3 is 15.4 Å². The highest BCUT2D eigenvalue weighted by Gasteiger charge is 2.35. The molecule has 1 aliphatic rings. The van der Waals surface area contributed by atoms with E-state index < -0.39 is 5.54 Å². The molecule has 1 heterocycles. The predicted molar refractivity (Wildman–Crippen MR) is 75.7 cm³/mol. The summed E-state index contributed by atoms with van der Waals surface area (Å²) in [5, 5.41) is 12.6. The maximum Gasteiger partial charge on any atom is 0.268 e. The molecule has 0 bridgehead atoms. The van der Waals surface area contributed by atoms with E-state index in [4.69, 9.17) is 0 Å². The van der Waals surface area contributed by atoms with E-state index in [1.165, 1.54) is 13.1 Å². The average Bonchev–Trinajstić information content (AvgIpc) is 2.92. The Morgan fingerprint density at radius 1 is 1.45 bits per heavy atom. The molecule has 0 radical (unpaired) electrons. The van der Waals surface area contributed by atoms with E-state index in [2.05, 4.69) is 17.2 Å². The Morgan fingerprint density at radius 3 is 2.60 bits per heavy atom. The minimum absolute atomic E-state index is 0.0499. The lowest BCUT2D eigenvalue weighted by Crippen LogP contribution is -2.53. The van der Waals surface area contributed by atoms with Gasteiger partial charge in [-0.2, -0.15) is 0 Å². The number of H-pyrrole nitrogens is 1. The lowest BCUT2D eigenvalue weighted by atomic mass is 9.77. The minimum Gasteiger partial charge on any atom is -0.394 e. The summed E-state index contributed by atoms with van der Waals surface area (Å²) in [6.07, 6.45) is 5.12. The van der Waals surface area contributed by atoms with E-state index in [9.17, 15) is 14.7 Å². The van der Waals surface area contributed by atoms with Crippen molar-refractivity contribution >= 4 is 11.7 Å². The summed E-state index contributed by atoms with van der Waals surface area (Å²) in [4.78, 5) is 26.3. The fourth-order valence-electron chi connectivity index (χ4n) is 2.67. The molecule has 5 heteroatoms. The standard InChI is InChI=1S/C15H22N2O3/c1-10-3-5-15(9-18,6-4-10)17-14(20)13-7-12(8-16-13)11(2)19/h7-8,10,16,18H,3-6,9H2,1-2H3,(H,17,20). The van der Waals surface area contributed by atoms with Crippen LogP contribution in [0.4, 0.5) is 0 Å².